The fraction of sp³-hybridized carbons (Fsp3) is 0.900. The van der Waals surface area contributed by atoms with Crippen LogP contribution in [0.1, 0.15) is 59.3 Å². The van der Waals surface area contributed by atoms with Gasteiger partial charge in [0.1, 0.15) is 0 Å². The molecule has 0 bridgehead atoms. The van der Waals surface area contributed by atoms with E-state index in [0.29, 0.717) is 0 Å². The summed E-state index contributed by atoms with van der Waals surface area (Å²) in [4.78, 5) is 0. The monoisotopic (exact) mass is 148 g/mol. The van der Waals surface area contributed by atoms with Crippen molar-refractivity contribution >= 4 is 0 Å². The van der Waals surface area contributed by atoms with Crippen LogP contribution in [0.3, 0.4) is 0 Å². The van der Waals surface area contributed by atoms with Crippen molar-refractivity contribution in [1.29, 1.82) is 0 Å². The number of hydrogen-bond acceptors (Lipinski definition) is 0. The van der Waals surface area contributed by atoms with Gasteiger partial charge in [-0.3, -0.25) is 0 Å². The summed E-state index contributed by atoms with van der Waals surface area (Å²) in [5.41, 5.74) is 0. The Labute approximate surface area is 84.3 Å². The molecule has 0 aliphatic rings. The number of unbranched alkanes of at least 4 members (excludes halogenated alkanes) is 2. The maximum Gasteiger partial charge on any atom is 1.00 e. The molecular weight excluding hydrogens is 127 g/mol. The van der Waals surface area contributed by atoms with E-state index >= 15 is 0 Å². The Kier molecular flexibility index (Phi) is 13.6. The maximum atomic E-state index is 2.27. The van der Waals surface area contributed by atoms with Crippen LogP contribution in [0.4, 0.5) is 0 Å². The normalized spacial score (nSPS) is 9.82. The average Bonchev–Trinajstić information content (AvgIpc) is 1.99. The second-order valence-electron chi connectivity index (χ2n) is 2.91. The third-order valence-corrected chi connectivity index (χ3v) is 2.13. The summed E-state index contributed by atoms with van der Waals surface area (Å²) in [6, 6.07) is 0. The molecule has 0 aliphatic carbocycles. The minimum Gasteiger partial charge on any atom is -0.314 e. The molecule has 0 aliphatic heterocycles. The van der Waals surface area contributed by atoms with Crippen molar-refractivity contribution in [2.45, 2.75) is 59.3 Å². The van der Waals surface area contributed by atoms with Crippen molar-refractivity contribution in [1.82, 2.24) is 0 Å². The summed E-state index contributed by atoms with van der Waals surface area (Å²) in [5, 5.41) is 0. The summed E-state index contributed by atoms with van der Waals surface area (Å²) < 4.78 is 0. The molecule has 0 fully saturated rings. The van der Waals surface area contributed by atoms with Crippen LogP contribution in [0.2, 0.25) is 0 Å². The minimum atomic E-state index is 0. The van der Waals surface area contributed by atoms with E-state index in [2.05, 4.69) is 20.8 Å². The summed E-state index contributed by atoms with van der Waals surface area (Å²) in [7, 11) is 0. The van der Waals surface area contributed by atoms with Crippen LogP contribution >= 0.6 is 0 Å². The Hall–Kier alpha value is 0.597. The number of hydrogen-bond donors (Lipinski definition) is 0. The van der Waals surface area contributed by atoms with E-state index in [9.17, 15) is 0 Å². The van der Waals surface area contributed by atoms with Gasteiger partial charge in [-0.15, -0.1) is 0 Å². The number of rotatable bonds is 6. The van der Waals surface area contributed by atoms with Gasteiger partial charge in [0.2, 0.25) is 0 Å². The van der Waals surface area contributed by atoms with E-state index in [-0.39, 0.29) is 18.9 Å². The Bertz CT molecular complexity index is 57.9. The van der Waals surface area contributed by atoms with E-state index in [1.807, 2.05) is 0 Å². The van der Waals surface area contributed by atoms with E-state index in [4.69, 9.17) is 0 Å². The van der Waals surface area contributed by atoms with Gasteiger partial charge in [0.05, 0.1) is 0 Å². The third kappa shape index (κ3) is 8.50. The molecule has 0 N–H and O–H groups in total. The van der Waals surface area contributed by atoms with Crippen LogP contribution in [0.25, 0.3) is 0 Å². The summed E-state index contributed by atoms with van der Waals surface area (Å²) >= 11 is 0. The molecule has 0 saturated carbocycles. The Balaban J connectivity index is 0. The summed E-state index contributed by atoms with van der Waals surface area (Å²) in [5.74, 6) is 1.74. The van der Waals surface area contributed by atoms with Gasteiger partial charge in [-0.25, -0.2) is 0 Å². The van der Waals surface area contributed by atoms with Gasteiger partial charge in [-0.2, -0.15) is 19.3 Å². The van der Waals surface area contributed by atoms with Crippen molar-refractivity contribution in [3.05, 3.63) is 5.92 Å². The summed E-state index contributed by atoms with van der Waals surface area (Å²) in [6.07, 6.45) is 8.12. The Morgan fingerprint density at radius 2 is 1.45 bits per heavy atom. The third-order valence-electron chi connectivity index (χ3n) is 2.13. The maximum absolute atomic E-state index is 2.27. The van der Waals surface area contributed by atoms with Crippen molar-refractivity contribution in [2.75, 3.05) is 0 Å². The van der Waals surface area contributed by atoms with Crippen molar-refractivity contribution in [3.8, 4) is 0 Å². The summed E-state index contributed by atoms with van der Waals surface area (Å²) in [6.45, 7) is 6.80. The van der Waals surface area contributed by atoms with E-state index in [0.717, 1.165) is 0 Å². The molecule has 0 aromatic heterocycles. The molecule has 0 spiro atoms. The van der Waals surface area contributed by atoms with Crippen molar-refractivity contribution in [3.63, 3.8) is 0 Å². The van der Waals surface area contributed by atoms with E-state index in [1.54, 1.807) is 5.92 Å². The Morgan fingerprint density at radius 3 is 1.82 bits per heavy atom. The van der Waals surface area contributed by atoms with Gasteiger partial charge in [0, 0.05) is 0 Å². The molecule has 62 valence electrons. The first-order chi connectivity index (χ1) is 4.85. The largest absolute Gasteiger partial charge is 1.00 e. The average molecular weight is 148 g/mol. The van der Waals surface area contributed by atoms with Crippen molar-refractivity contribution < 1.29 is 18.9 Å². The van der Waals surface area contributed by atoms with Gasteiger partial charge >= 0.3 is 18.9 Å². The minimum absolute atomic E-state index is 0. The molecule has 0 atom stereocenters. The van der Waals surface area contributed by atoms with Gasteiger partial charge in [-0.1, -0.05) is 40.0 Å². The first-order valence-electron chi connectivity index (χ1n) is 4.68. The Morgan fingerprint density at radius 1 is 0.909 bits per heavy atom. The zero-order valence-corrected chi connectivity index (χ0v) is 8.74. The quantitative estimate of drug-likeness (QED) is 0.299. The molecule has 0 aromatic carbocycles. The molecule has 0 nitrogen and oxygen atoms in total. The molecule has 0 unspecified atom stereocenters. The SMILES string of the molecule is CCCCC[C-](CC)CC.[Li+]. The standard InChI is InChI=1S/C10H21.Li/c1-4-7-8-9-10(5-2)6-3;/h4-9H2,1-3H3;/q-1;+1. The fourth-order valence-corrected chi connectivity index (χ4v) is 1.23. The molecule has 0 aromatic rings. The van der Waals surface area contributed by atoms with Crippen LogP contribution < -0.4 is 18.9 Å². The molecular formula is C10H21Li. The van der Waals surface area contributed by atoms with Gasteiger partial charge in [0.15, 0.2) is 0 Å². The fourth-order valence-electron chi connectivity index (χ4n) is 1.23. The van der Waals surface area contributed by atoms with Crippen LogP contribution in [-0.2, 0) is 0 Å². The second-order valence-corrected chi connectivity index (χ2v) is 2.91. The molecule has 0 saturated heterocycles. The van der Waals surface area contributed by atoms with Crippen LogP contribution in [0.15, 0.2) is 0 Å². The molecule has 0 rings (SSSR count). The van der Waals surface area contributed by atoms with Crippen LogP contribution in [0, 0.1) is 5.92 Å². The first kappa shape index (κ1) is 14.1. The molecule has 11 heavy (non-hydrogen) atoms. The zero-order chi connectivity index (χ0) is 7.82. The molecule has 0 radical (unpaired) electrons. The van der Waals surface area contributed by atoms with Gasteiger partial charge in [-0.05, 0) is 0 Å². The van der Waals surface area contributed by atoms with Crippen LogP contribution in [0.5, 0.6) is 0 Å². The second kappa shape index (κ2) is 10.6. The van der Waals surface area contributed by atoms with E-state index < -0.39 is 0 Å². The molecule has 0 heterocycles. The van der Waals surface area contributed by atoms with Crippen LogP contribution in [-0.4, -0.2) is 0 Å². The van der Waals surface area contributed by atoms with Gasteiger partial charge in [0.25, 0.3) is 0 Å². The topological polar surface area (TPSA) is 0 Å². The predicted molar refractivity (Wildman–Crippen MR) is 48.0 cm³/mol. The zero-order valence-electron chi connectivity index (χ0n) is 8.74. The van der Waals surface area contributed by atoms with E-state index in [1.165, 1.54) is 38.5 Å². The smallest absolute Gasteiger partial charge is 0.314 e. The molecule has 0 amide bonds. The molecule has 1 heteroatoms. The predicted octanol–water partition coefficient (Wildman–Crippen LogP) is 0.965. The first-order valence-corrected chi connectivity index (χ1v) is 4.68. The van der Waals surface area contributed by atoms with Gasteiger partial charge < -0.3 is 5.92 Å². The van der Waals surface area contributed by atoms with Crippen molar-refractivity contribution in [2.24, 2.45) is 0 Å².